The molecule has 0 radical (unpaired) electrons. The third-order valence-electron chi connectivity index (χ3n) is 2.03. The van der Waals surface area contributed by atoms with Crippen LogP contribution in [0.2, 0.25) is 0 Å². The van der Waals surface area contributed by atoms with Crippen LogP contribution in [0.1, 0.15) is 0 Å². The summed E-state index contributed by atoms with van der Waals surface area (Å²) in [5.74, 6) is -3.54. The van der Waals surface area contributed by atoms with Gasteiger partial charge in [0.1, 0.15) is 6.61 Å². The quantitative estimate of drug-likeness (QED) is 0.575. The van der Waals surface area contributed by atoms with Crippen molar-refractivity contribution in [3.8, 4) is 0 Å². The Balaban J connectivity index is 4.92. The fraction of sp³-hybridized carbons (Fsp3) is 1.00. The minimum Gasteiger partial charge on any atom is -0.379 e. The third kappa shape index (κ3) is 2.22. The van der Waals surface area contributed by atoms with Crippen molar-refractivity contribution in [2.45, 2.75) is 11.8 Å². The summed E-state index contributed by atoms with van der Waals surface area (Å²) in [6, 6.07) is 0. The van der Waals surface area contributed by atoms with Crippen LogP contribution < -0.4 is 0 Å². The van der Waals surface area contributed by atoms with Crippen molar-refractivity contribution < 1.29 is 28.8 Å². The molecule has 0 spiro atoms. The topological polar surface area (TPSA) is 66.4 Å². The standard InChI is InChI=1S/C8H18O6/c1-10-6-7(11-2,12-3)8(9,13-4)14-5/h9H,6H2,1-5H3. The van der Waals surface area contributed by atoms with Gasteiger partial charge in [0.15, 0.2) is 0 Å². The normalized spacial score (nSPS) is 13.3. The Morgan fingerprint density at radius 3 is 1.50 bits per heavy atom. The lowest BCUT2D eigenvalue weighted by Crippen LogP contribution is -2.61. The first kappa shape index (κ1) is 13.8. The van der Waals surface area contributed by atoms with Crippen molar-refractivity contribution in [2.24, 2.45) is 0 Å². The summed E-state index contributed by atoms with van der Waals surface area (Å²) in [6.07, 6.45) is 0. The minimum absolute atomic E-state index is 0.0435. The van der Waals surface area contributed by atoms with Crippen LogP contribution in [0, 0.1) is 0 Å². The lowest BCUT2D eigenvalue weighted by molar-refractivity contribution is -0.474. The minimum atomic E-state index is -2.02. The van der Waals surface area contributed by atoms with E-state index in [1.165, 1.54) is 35.5 Å². The van der Waals surface area contributed by atoms with E-state index < -0.39 is 11.8 Å². The second-order valence-corrected chi connectivity index (χ2v) is 2.58. The molecule has 14 heavy (non-hydrogen) atoms. The van der Waals surface area contributed by atoms with Gasteiger partial charge in [0, 0.05) is 35.5 Å². The van der Waals surface area contributed by atoms with E-state index in [9.17, 15) is 5.11 Å². The molecule has 0 aliphatic rings. The van der Waals surface area contributed by atoms with E-state index in [4.69, 9.17) is 23.7 Å². The highest BCUT2D eigenvalue weighted by Crippen LogP contribution is 2.28. The zero-order chi connectivity index (χ0) is 11.2. The maximum atomic E-state index is 9.90. The molecule has 0 atom stereocenters. The second kappa shape index (κ2) is 5.59. The molecule has 0 rings (SSSR count). The van der Waals surface area contributed by atoms with E-state index in [0.717, 1.165) is 0 Å². The second-order valence-electron chi connectivity index (χ2n) is 2.58. The zero-order valence-corrected chi connectivity index (χ0v) is 9.20. The maximum absolute atomic E-state index is 9.90. The number of aliphatic hydroxyl groups is 1. The number of hydrogen-bond acceptors (Lipinski definition) is 6. The summed E-state index contributed by atoms with van der Waals surface area (Å²) < 4.78 is 24.5. The van der Waals surface area contributed by atoms with E-state index in [-0.39, 0.29) is 6.61 Å². The summed E-state index contributed by atoms with van der Waals surface area (Å²) in [7, 11) is 6.69. The van der Waals surface area contributed by atoms with Gasteiger partial charge in [0.2, 0.25) is 0 Å². The predicted molar refractivity (Wildman–Crippen MR) is 47.6 cm³/mol. The Hall–Kier alpha value is -0.240. The van der Waals surface area contributed by atoms with Gasteiger partial charge in [-0.2, -0.15) is 0 Å². The molecule has 0 amide bonds. The Morgan fingerprint density at radius 1 is 0.857 bits per heavy atom. The summed E-state index contributed by atoms with van der Waals surface area (Å²) in [5, 5.41) is 9.90. The highest BCUT2D eigenvalue weighted by atomic mass is 16.9. The van der Waals surface area contributed by atoms with E-state index >= 15 is 0 Å². The molecule has 86 valence electrons. The largest absolute Gasteiger partial charge is 0.379 e. The van der Waals surface area contributed by atoms with Crippen molar-refractivity contribution >= 4 is 0 Å². The van der Waals surface area contributed by atoms with Crippen LogP contribution in [0.5, 0.6) is 0 Å². The fourth-order valence-electron chi connectivity index (χ4n) is 1.13. The SMILES string of the molecule is COCC(OC)(OC)C(O)(OC)OC. The van der Waals surface area contributed by atoms with Gasteiger partial charge in [-0.1, -0.05) is 0 Å². The third-order valence-corrected chi connectivity index (χ3v) is 2.03. The molecule has 0 heterocycles. The average molecular weight is 210 g/mol. The van der Waals surface area contributed by atoms with Gasteiger partial charge in [0.25, 0.3) is 5.79 Å². The van der Waals surface area contributed by atoms with Gasteiger partial charge in [-0.3, -0.25) is 0 Å². The molecule has 0 saturated heterocycles. The van der Waals surface area contributed by atoms with Crippen molar-refractivity contribution in [2.75, 3.05) is 42.2 Å². The van der Waals surface area contributed by atoms with Gasteiger partial charge in [-0.15, -0.1) is 0 Å². The van der Waals surface area contributed by atoms with E-state index in [1.54, 1.807) is 0 Å². The molecular weight excluding hydrogens is 192 g/mol. The van der Waals surface area contributed by atoms with Crippen molar-refractivity contribution in [1.82, 2.24) is 0 Å². The smallest absolute Gasteiger partial charge is 0.340 e. The highest BCUT2D eigenvalue weighted by Gasteiger charge is 2.54. The fourth-order valence-corrected chi connectivity index (χ4v) is 1.13. The van der Waals surface area contributed by atoms with Gasteiger partial charge in [-0.05, 0) is 0 Å². The maximum Gasteiger partial charge on any atom is 0.340 e. The molecular formula is C8H18O6. The highest BCUT2D eigenvalue weighted by molar-refractivity contribution is 4.79. The lowest BCUT2D eigenvalue weighted by atomic mass is 10.2. The van der Waals surface area contributed by atoms with Crippen LogP contribution in [-0.4, -0.2) is 59.0 Å². The first-order valence-corrected chi connectivity index (χ1v) is 3.97. The van der Waals surface area contributed by atoms with E-state index in [2.05, 4.69) is 0 Å². The molecule has 0 aliphatic heterocycles. The van der Waals surface area contributed by atoms with Crippen molar-refractivity contribution in [3.63, 3.8) is 0 Å². The number of hydrogen-bond donors (Lipinski definition) is 1. The van der Waals surface area contributed by atoms with Gasteiger partial charge >= 0.3 is 5.97 Å². The van der Waals surface area contributed by atoms with Crippen LogP contribution >= 0.6 is 0 Å². The molecule has 0 fully saturated rings. The average Bonchev–Trinajstić information content (AvgIpc) is 2.24. The van der Waals surface area contributed by atoms with Gasteiger partial charge in [-0.25, -0.2) is 0 Å². The van der Waals surface area contributed by atoms with Crippen LogP contribution in [0.15, 0.2) is 0 Å². The summed E-state index contributed by atoms with van der Waals surface area (Å²) >= 11 is 0. The van der Waals surface area contributed by atoms with Crippen molar-refractivity contribution in [1.29, 1.82) is 0 Å². The van der Waals surface area contributed by atoms with E-state index in [1.807, 2.05) is 0 Å². The predicted octanol–water partition coefficient (Wildman–Crippen LogP) is -0.439. The molecule has 6 nitrogen and oxygen atoms in total. The molecule has 0 aromatic carbocycles. The summed E-state index contributed by atoms with van der Waals surface area (Å²) in [4.78, 5) is 0. The summed E-state index contributed by atoms with van der Waals surface area (Å²) in [6.45, 7) is -0.0435. The number of rotatable bonds is 7. The van der Waals surface area contributed by atoms with Crippen molar-refractivity contribution in [3.05, 3.63) is 0 Å². The van der Waals surface area contributed by atoms with Crippen LogP contribution in [-0.2, 0) is 23.7 Å². The Labute approximate surface area is 83.7 Å². The Bertz CT molecular complexity index is 152. The molecule has 0 bridgehead atoms. The molecule has 0 saturated carbocycles. The Kier molecular flexibility index (Phi) is 5.50. The first-order chi connectivity index (χ1) is 6.55. The van der Waals surface area contributed by atoms with Gasteiger partial charge < -0.3 is 28.8 Å². The zero-order valence-electron chi connectivity index (χ0n) is 9.20. The summed E-state index contributed by atoms with van der Waals surface area (Å²) in [5.41, 5.74) is 0. The van der Waals surface area contributed by atoms with E-state index in [0.29, 0.717) is 0 Å². The first-order valence-electron chi connectivity index (χ1n) is 3.97. The molecule has 6 heteroatoms. The monoisotopic (exact) mass is 210 g/mol. The Morgan fingerprint density at radius 2 is 1.29 bits per heavy atom. The molecule has 0 aliphatic carbocycles. The van der Waals surface area contributed by atoms with Crippen LogP contribution in [0.3, 0.4) is 0 Å². The van der Waals surface area contributed by atoms with Crippen LogP contribution in [0.25, 0.3) is 0 Å². The number of methoxy groups -OCH3 is 5. The van der Waals surface area contributed by atoms with Crippen LogP contribution in [0.4, 0.5) is 0 Å². The molecule has 0 unspecified atom stereocenters. The van der Waals surface area contributed by atoms with Gasteiger partial charge in [0.05, 0.1) is 0 Å². The molecule has 0 aromatic rings. The number of ether oxygens (including phenoxy) is 5. The molecule has 1 N–H and O–H groups in total. The molecule has 0 aromatic heterocycles. The lowest BCUT2D eigenvalue weighted by Gasteiger charge is -2.40.